The van der Waals surface area contributed by atoms with Crippen molar-refractivity contribution in [3.05, 3.63) is 53.6 Å². The lowest BCUT2D eigenvalue weighted by molar-refractivity contribution is -0.120. The van der Waals surface area contributed by atoms with Gasteiger partial charge >= 0.3 is 0 Å². The van der Waals surface area contributed by atoms with Gasteiger partial charge in [0.1, 0.15) is 5.75 Å². The Kier molecular flexibility index (Phi) is 6.10. The number of benzene rings is 2. The Hall–Kier alpha value is -2.20. The molecule has 1 aliphatic rings. The minimum absolute atomic E-state index is 0. The maximum atomic E-state index is 12.5. The Bertz CT molecular complexity index is 701. The third-order valence-electron chi connectivity index (χ3n) is 4.28. The Balaban J connectivity index is 0.00000208. The van der Waals surface area contributed by atoms with Crippen LogP contribution in [0, 0.1) is 0 Å². The second kappa shape index (κ2) is 8.06. The molecule has 24 heavy (non-hydrogen) atoms. The number of nitrogens with zero attached hydrogens (tertiary/aromatic N) is 1. The van der Waals surface area contributed by atoms with Gasteiger partial charge in [0, 0.05) is 17.9 Å². The Labute approximate surface area is 149 Å². The number of fused-ring (bicyclic) bond motifs is 1. The van der Waals surface area contributed by atoms with Crippen molar-refractivity contribution in [1.29, 1.82) is 0 Å². The average molecular weight is 347 g/mol. The number of amides is 1. The van der Waals surface area contributed by atoms with E-state index in [-0.39, 0.29) is 24.9 Å². The van der Waals surface area contributed by atoms with Gasteiger partial charge in [-0.3, -0.25) is 4.79 Å². The van der Waals surface area contributed by atoms with E-state index in [1.165, 1.54) is 5.56 Å². The van der Waals surface area contributed by atoms with Gasteiger partial charge in [-0.2, -0.15) is 0 Å². The first-order valence-electron chi connectivity index (χ1n) is 8.08. The van der Waals surface area contributed by atoms with Gasteiger partial charge in [0.15, 0.2) is 6.61 Å². The zero-order valence-electron chi connectivity index (χ0n) is 13.8. The molecule has 0 aliphatic carbocycles. The number of aryl methyl sites for hydroxylation is 1. The minimum Gasteiger partial charge on any atom is -0.484 e. The quantitative estimate of drug-likeness (QED) is 0.860. The van der Waals surface area contributed by atoms with Gasteiger partial charge in [-0.25, -0.2) is 0 Å². The van der Waals surface area contributed by atoms with Crippen molar-refractivity contribution in [2.24, 2.45) is 0 Å². The molecule has 5 heteroatoms. The molecule has 2 aromatic carbocycles. The highest BCUT2D eigenvalue weighted by Gasteiger charge is 2.23. The van der Waals surface area contributed by atoms with E-state index in [9.17, 15) is 4.79 Å². The van der Waals surface area contributed by atoms with Crippen LogP contribution in [-0.2, 0) is 17.6 Å². The molecule has 0 aromatic heterocycles. The standard InChI is InChI=1S/C19H22N2O2.ClH/c1-2-14-8-10-15(11-9-14)23-13-19(22)21-12-4-5-16-17(20)6-3-7-18(16)21;/h3,6-11H,2,4-5,12-13,20H2,1H3;1H. The topological polar surface area (TPSA) is 55.6 Å². The summed E-state index contributed by atoms with van der Waals surface area (Å²) in [5.41, 5.74) is 10.0. The van der Waals surface area contributed by atoms with Gasteiger partial charge in [-0.05, 0) is 54.7 Å². The number of hydrogen-bond acceptors (Lipinski definition) is 3. The first kappa shape index (κ1) is 18.1. The van der Waals surface area contributed by atoms with Crippen molar-refractivity contribution in [2.45, 2.75) is 26.2 Å². The van der Waals surface area contributed by atoms with Crippen molar-refractivity contribution in [3.63, 3.8) is 0 Å². The van der Waals surface area contributed by atoms with Crippen LogP contribution in [0.2, 0.25) is 0 Å². The summed E-state index contributed by atoms with van der Waals surface area (Å²) in [6.45, 7) is 2.87. The van der Waals surface area contributed by atoms with Crippen LogP contribution in [0.3, 0.4) is 0 Å². The number of carbonyl (C=O) groups excluding carboxylic acids is 1. The zero-order chi connectivity index (χ0) is 16.2. The van der Waals surface area contributed by atoms with Gasteiger partial charge in [0.2, 0.25) is 0 Å². The summed E-state index contributed by atoms with van der Waals surface area (Å²) in [7, 11) is 0. The van der Waals surface area contributed by atoms with E-state index < -0.39 is 0 Å². The molecule has 2 aromatic rings. The molecule has 0 spiro atoms. The van der Waals surface area contributed by atoms with Gasteiger partial charge < -0.3 is 15.4 Å². The van der Waals surface area contributed by atoms with Crippen molar-refractivity contribution in [3.8, 4) is 5.75 Å². The van der Waals surface area contributed by atoms with Crippen LogP contribution in [0.15, 0.2) is 42.5 Å². The number of nitrogen functional groups attached to an aromatic ring is 1. The molecule has 0 bridgehead atoms. The van der Waals surface area contributed by atoms with E-state index in [1.54, 1.807) is 4.90 Å². The van der Waals surface area contributed by atoms with E-state index >= 15 is 0 Å². The number of carbonyl (C=O) groups is 1. The molecule has 3 rings (SSSR count). The summed E-state index contributed by atoms with van der Waals surface area (Å²) in [5.74, 6) is 0.691. The number of halogens is 1. The predicted octanol–water partition coefficient (Wildman–Crippen LogP) is 3.61. The monoisotopic (exact) mass is 346 g/mol. The van der Waals surface area contributed by atoms with E-state index in [0.717, 1.165) is 42.0 Å². The van der Waals surface area contributed by atoms with Gasteiger partial charge in [0.05, 0.1) is 0 Å². The highest BCUT2D eigenvalue weighted by atomic mass is 35.5. The number of hydrogen-bond donors (Lipinski definition) is 1. The number of nitrogens with two attached hydrogens (primary N) is 1. The Morgan fingerprint density at radius 2 is 1.96 bits per heavy atom. The molecule has 0 fully saturated rings. The van der Waals surface area contributed by atoms with Crippen LogP contribution in [0.4, 0.5) is 11.4 Å². The van der Waals surface area contributed by atoms with Crippen molar-refractivity contribution in [2.75, 3.05) is 23.8 Å². The summed E-state index contributed by atoms with van der Waals surface area (Å²) < 4.78 is 5.64. The second-order valence-electron chi connectivity index (χ2n) is 5.78. The number of ether oxygens (including phenoxy) is 1. The first-order chi connectivity index (χ1) is 11.2. The van der Waals surface area contributed by atoms with E-state index in [1.807, 2.05) is 42.5 Å². The van der Waals surface area contributed by atoms with Gasteiger partial charge in [-0.15, -0.1) is 12.4 Å². The van der Waals surface area contributed by atoms with Crippen molar-refractivity contribution >= 4 is 29.7 Å². The normalized spacial score (nSPS) is 13.0. The van der Waals surface area contributed by atoms with Gasteiger partial charge in [-0.1, -0.05) is 25.1 Å². The smallest absolute Gasteiger partial charge is 0.264 e. The summed E-state index contributed by atoms with van der Waals surface area (Å²) in [5, 5.41) is 0. The maximum Gasteiger partial charge on any atom is 0.264 e. The lowest BCUT2D eigenvalue weighted by Gasteiger charge is -2.30. The Morgan fingerprint density at radius 1 is 1.21 bits per heavy atom. The van der Waals surface area contributed by atoms with Crippen LogP contribution in [0.1, 0.15) is 24.5 Å². The summed E-state index contributed by atoms with van der Waals surface area (Å²) >= 11 is 0. The molecule has 1 aliphatic heterocycles. The van der Waals surface area contributed by atoms with E-state index in [4.69, 9.17) is 10.5 Å². The third-order valence-corrected chi connectivity index (χ3v) is 4.28. The number of rotatable bonds is 4. The van der Waals surface area contributed by atoms with Crippen LogP contribution in [-0.4, -0.2) is 19.1 Å². The predicted molar refractivity (Wildman–Crippen MR) is 100 cm³/mol. The highest BCUT2D eigenvalue weighted by molar-refractivity contribution is 5.96. The lowest BCUT2D eigenvalue weighted by atomic mass is 10.00. The van der Waals surface area contributed by atoms with Crippen molar-refractivity contribution in [1.82, 2.24) is 0 Å². The molecular weight excluding hydrogens is 324 g/mol. The third kappa shape index (κ3) is 3.82. The molecule has 1 heterocycles. The average Bonchev–Trinajstić information content (AvgIpc) is 2.60. The molecule has 0 saturated carbocycles. The van der Waals surface area contributed by atoms with Crippen LogP contribution in [0.25, 0.3) is 0 Å². The fraction of sp³-hybridized carbons (Fsp3) is 0.316. The first-order valence-corrected chi connectivity index (χ1v) is 8.08. The summed E-state index contributed by atoms with van der Waals surface area (Å²) in [4.78, 5) is 14.3. The highest BCUT2D eigenvalue weighted by Crippen LogP contribution is 2.31. The summed E-state index contributed by atoms with van der Waals surface area (Å²) in [6, 6.07) is 13.6. The molecule has 2 N–H and O–H groups in total. The molecule has 0 unspecified atom stereocenters. The van der Waals surface area contributed by atoms with Gasteiger partial charge in [0.25, 0.3) is 5.91 Å². The lowest BCUT2D eigenvalue weighted by Crippen LogP contribution is -2.38. The second-order valence-corrected chi connectivity index (χ2v) is 5.78. The Morgan fingerprint density at radius 3 is 2.67 bits per heavy atom. The maximum absolute atomic E-state index is 12.5. The molecular formula is C19H23ClN2O2. The molecule has 4 nitrogen and oxygen atoms in total. The summed E-state index contributed by atoms with van der Waals surface area (Å²) in [6.07, 6.45) is 2.84. The fourth-order valence-electron chi connectivity index (χ4n) is 2.96. The largest absolute Gasteiger partial charge is 0.484 e. The fourth-order valence-corrected chi connectivity index (χ4v) is 2.96. The van der Waals surface area contributed by atoms with Crippen LogP contribution >= 0.6 is 12.4 Å². The molecule has 0 atom stereocenters. The van der Waals surface area contributed by atoms with Crippen LogP contribution < -0.4 is 15.4 Å². The minimum atomic E-state index is -0.0314. The zero-order valence-corrected chi connectivity index (χ0v) is 14.6. The number of anilines is 2. The molecule has 0 radical (unpaired) electrons. The molecule has 128 valence electrons. The van der Waals surface area contributed by atoms with E-state index in [0.29, 0.717) is 6.54 Å². The van der Waals surface area contributed by atoms with Crippen molar-refractivity contribution < 1.29 is 9.53 Å². The molecule has 0 saturated heterocycles. The van der Waals surface area contributed by atoms with E-state index in [2.05, 4.69) is 6.92 Å². The molecule has 1 amide bonds. The van der Waals surface area contributed by atoms with Crippen LogP contribution in [0.5, 0.6) is 5.75 Å². The SMILES string of the molecule is CCc1ccc(OCC(=O)N2CCCc3c(N)cccc32)cc1.Cl.